The Hall–Kier alpha value is -0.760. The molecule has 3 fully saturated rings. The maximum atomic E-state index is 13.4. The van der Waals surface area contributed by atoms with Crippen LogP contribution in [-0.2, 0) is 0 Å². The van der Waals surface area contributed by atoms with Crippen LogP contribution in [0.1, 0.15) is 32.1 Å². The lowest BCUT2D eigenvalue weighted by atomic mass is 9.79. The van der Waals surface area contributed by atoms with Crippen LogP contribution in [0.4, 0.5) is 10.1 Å². The van der Waals surface area contributed by atoms with Crippen molar-refractivity contribution < 1.29 is 4.39 Å². The molecule has 1 aromatic carbocycles. The molecule has 3 saturated carbocycles. The molecule has 3 heteroatoms. The topological polar surface area (TPSA) is 12.0 Å². The van der Waals surface area contributed by atoms with Crippen LogP contribution >= 0.6 is 11.6 Å². The van der Waals surface area contributed by atoms with Gasteiger partial charge in [0.15, 0.2) is 0 Å². The number of rotatable bonds is 2. The summed E-state index contributed by atoms with van der Waals surface area (Å²) in [6.45, 7) is 0. The lowest BCUT2D eigenvalue weighted by Gasteiger charge is -2.32. The van der Waals surface area contributed by atoms with E-state index < -0.39 is 0 Å². The van der Waals surface area contributed by atoms with Gasteiger partial charge in [0.05, 0.1) is 0 Å². The summed E-state index contributed by atoms with van der Waals surface area (Å²) >= 11 is 5.92. The van der Waals surface area contributed by atoms with Gasteiger partial charge in [-0.25, -0.2) is 4.39 Å². The van der Waals surface area contributed by atoms with E-state index in [1.165, 1.54) is 38.2 Å². The number of benzene rings is 1. The number of hydrogen-bond acceptors (Lipinski definition) is 1. The van der Waals surface area contributed by atoms with Crippen molar-refractivity contribution in [2.24, 2.45) is 23.7 Å². The van der Waals surface area contributed by atoms with Crippen LogP contribution in [-0.4, -0.2) is 6.04 Å². The Balaban J connectivity index is 1.52. The molecule has 1 N–H and O–H groups in total. The second-order valence-electron chi connectivity index (χ2n) is 6.56. The average Bonchev–Trinajstić information content (AvgIpc) is 2.97. The second-order valence-corrected chi connectivity index (χ2v) is 7.00. The summed E-state index contributed by atoms with van der Waals surface area (Å²) in [5.41, 5.74) is 0.845. The first kappa shape index (κ1) is 12.0. The number of hydrogen-bond donors (Lipinski definition) is 1. The Morgan fingerprint density at radius 2 is 1.89 bits per heavy atom. The quantitative estimate of drug-likeness (QED) is 0.826. The van der Waals surface area contributed by atoms with E-state index in [4.69, 9.17) is 11.6 Å². The fourth-order valence-electron chi connectivity index (χ4n) is 5.09. The molecule has 5 unspecified atom stereocenters. The van der Waals surface area contributed by atoms with Crippen molar-refractivity contribution in [3.63, 3.8) is 0 Å². The fraction of sp³-hybridized carbons (Fsp3) is 0.625. The van der Waals surface area contributed by atoms with E-state index in [2.05, 4.69) is 5.32 Å². The molecule has 0 heterocycles. The summed E-state index contributed by atoms with van der Waals surface area (Å²) in [6.07, 6.45) is 6.93. The van der Waals surface area contributed by atoms with Crippen molar-refractivity contribution in [2.45, 2.75) is 38.1 Å². The first-order valence-electron chi connectivity index (χ1n) is 7.43. The molecule has 0 saturated heterocycles. The molecule has 0 amide bonds. The van der Waals surface area contributed by atoms with Gasteiger partial charge in [-0.3, -0.25) is 0 Å². The van der Waals surface area contributed by atoms with Gasteiger partial charge < -0.3 is 5.32 Å². The van der Waals surface area contributed by atoms with E-state index in [0.29, 0.717) is 11.1 Å². The van der Waals surface area contributed by atoms with Crippen molar-refractivity contribution in [2.75, 3.05) is 5.32 Å². The Bertz CT molecular complexity index is 483. The second kappa shape index (κ2) is 4.37. The van der Waals surface area contributed by atoms with Gasteiger partial charge in [0.2, 0.25) is 0 Å². The molecule has 1 nitrogen and oxygen atoms in total. The van der Waals surface area contributed by atoms with Crippen LogP contribution in [0.2, 0.25) is 5.02 Å². The molecular weight excluding hydrogens is 261 g/mol. The van der Waals surface area contributed by atoms with Crippen LogP contribution in [0.3, 0.4) is 0 Å². The standard InChI is InChI=1S/C16H19ClFN/c17-10-6-11(18)8-12(7-10)19-16-5-9-4-15(16)14-3-1-2-13(9)14/h6-9,13-16,19H,1-5H2. The van der Waals surface area contributed by atoms with Crippen molar-refractivity contribution in [3.8, 4) is 0 Å². The van der Waals surface area contributed by atoms with Gasteiger partial charge in [-0.05, 0) is 67.6 Å². The van der Waals surface area contributed by atoms with Gasteiger partial charge in [-0.15, -0.1) is 0 Å². The lowest BCUT2D eigenvalue weighted by Crippen LogP contribution is -2.33. The summed E-state index contributed by atoms with van der Waals surface area (Å²) in [5, 5.41) is 4.02. The Morgan fingerprint density at radius 1 is 1.05 bits per heavy atom. The number of anilines is 1. The molecule has 2 bridgehead atoms. The average molecular weight is 280 g/mol. The molecule has 0 aliphatic heterocycles. The largest absolute Gasteiger partial charge is 0.382 e. The van der Waals surface area contributed by atoms with E-state index in [1.807, 2.05) is 6.07 Å². The molecule has 0 radical (unpaired) electrons. The van der Waals surface area contributed by atoms with E-state index in [9.17, 15) is 4.39 Å². The van der Waals surface area contributed by atoms with E-state index >= 15 is 0 Å². The zero-order chi connectivity index (χ0) is 13.0. The third-order valence-corrected chi connectivity index (χ3v) is 5.86. The minimum atomic E-state index is -0.253. The predicted molar refractivity (Wildman–Crippen MR) is 75.9 cm³/mol. The summed E-state index contributed by atoms with van der Waals surface area (Å²) in [5.74, 6) is 3.40. The monoisotopic (exact) mass is 279 g/mol. The van der Waals surface area contributed by atoms with Crippen molar-refractivity contribution >= 4 is 17.3 Å². The number of halogens is 2. The summed E-state index contributed by atoms with van der Waals surface area (Å²) < 4.78 is 13.4. The zero-order valence-electron chi connectivity index (χ0n) is 10.9. The number of nitrogens with one attached hydrogen (secondary N) is 1. The van der Waals surface area contributed by atoms with Gasteiger partial charge in [-0.1, -0.05) is 18.0 Å². The zero-order valence-corrected chi connectivity index (χ0v) is 11.7. The van der Waals surface area contributed by atoms with Crippen molar-refractivity contribution in [3.05, 3.63) is 29.0 Å². The summed E-state index contributed by atoms with van der Waals surface area (Å²) in [4.78, 5) is 0. The molecule has 3 aliphatic rings. The highest BCUT2D eigenvalue weighted by molar-refractivity contribution is 6.30. The fourth-order valence-corrected chi connectivity index (χ4v) is 5.31. The van der Waals surface area contributed by atoms with Crippen LogP contribution in [0, 0.1) is 29.5 Å². The maximum absolute atomic E-state index is 13.4. The molecule has 19 heavy (non-hydrogen) atoms. The first-order chi connectivity index (χ1) is 9.20. The smallest absolute Gasteiger partial charge is 0.126 e. The van der Waals surface area contributed by atoms with E-state index in [0.717, 1.165) is 29.4 Å². The summed E-state index contributed by atoms with van der Waals surface area (Å²) in [6, 6.07) is 5.29. The van der Waals surface area contributed by atoms with Crippen LogP contribution in [0.15, 0.2) is 18.2 Å². The van der Waals surface area contributed by atoms with Crippen molar-refractivity contribution in [1.82, 2.24) is 0 Å². The third kappa shape index (κ3) is 1.96. The molecule has 0 aromatic heterocycles. The highest BCUT2D eigenvalue weighted by Crippen LogP contribution is 2.59. The molecular formula is C16H19ClFN. The van der Waals surface area contributed by atoms with Gasteiger partial charge in [0.25, 0.3) is 0 Å². The van der Waals surface area contributed by atoms with Crippen LogP contribution < -0.4 is 5.32 Å². The van der Waals surface area contributed by atoms with Gasteiger partial charge in [0.1, 0.15) is 5.82 Å². The Kier molecular flexibility index (Phi) is 2.77. The maximum Gasteiger partial charge on any atom is 0.126 e. The van der Waals surface area contributed by atoms with Gasteiger partial charge in [0, 0.05) is 16.8 Å². The highest BCUT2D eigenvalue weighted by Gasteiger charge is 2.53. The van der Waals surface area contributed by atoms with E-state index in [-0.39, 0.29) is 5.82 Å². The van der Waals surface area contributed by atoms with Crippen molar-refractivity contribution in [1.29, 1.82) is 0 Å². The minimum absolute atomic E-state index is 0.253. The number of fused-ring (bicyclic) bond motifs is 5. The van der Waals surface area contributed by atoms with Crippen LogP contribution in [0.25, 0.3) is 0 Å². The highest BCUT2D eigenvalue weighted by atomic mass is 35.5. The molecule has 0 spiro atoms. The third-order valence-electron chi connectivity index (χ3n) is 5.64. The first-order valence-corrected chi connectivity index (χ1v) is 7.81. The molecule has 1 aromatic rings. The normalized spacial score (nSPS) is 39.6. The van der Waals surface area contributed by atoms with Gasteiger partial charge in [-0.2, -0.15) is 0 Å². The Morgan fingerprint density at radius 3 is 2.74 bits per heavy atom. The molecule has 5 atom stereocenters. The molecule has 3 aliphatic carbocycles. The minimum Gasteiger partial charge on any atom is -0.382 e. The van der Waals surface area contributed by atoms with Crippen LogP contribution in [0.5, 0.6) is 0 Å². The van der Waals surface area contributed by atoms with Gasteiger partial charge >= 0.3 is 0 Å². The molecule has 102 valence electrons. The molecule has 4 rings (SSSR count). The van der Waals surface area contributed by atoms with E-state index in [1.54, 1.807) is 6.07 Å². The SMILES string of the molecule is Fc1cc(Cl)cc(NC2CC3CC2C2CCCC32)c1. The Labute approximate surface area is 118 Å². The lowest BCUT2D eigenvalue weighted by molar-refractivity contribution is 0.243. The predicted octanol–water partition coefficient (Wildman–Crippen LogP) is 4.72. The summed E-state index contributed by atoms with van der Waals surface area (Å²) in [7, 11) is 0.